The molecule has 0 aromatic rings. The third-order valence-electron chi connectivity index (χ3n) is 0.882. The van der Waals surface area contributed by atoms with Crippen molar-refractivity contribution in [3.8, 4) is 11.8 Å². The second-order valence-corrected chi connectivity index (χ2v) is 1.70. The van der Waals surface area contributed by atoms with Crippen molar-refractivity contribution in [1.82, 2.24) is 5.73 Å². The first-order valence-corrected chi connectivity index (χ1v) is 2.91. The van der Waals surface area contributed by atoms with E-state index in [0.717, 1.165) is 12.8 Å². The number of nitrogens with one attached hydrogen (secondary N) is 1. The van der Waals surface area contributed by atoms with Crippen molar-refractivity contribution in [1.29, 1.82) is 0 Å². The first kappa shape index (κ1) is 8.03. The van der Waals surface area contributed by atoms with Gasteiger partial charge in [-0.3, -0.25) is 10.5 Å². The Hall–Kier alpha value is -0.970. The van der Waals surface area contributed by atoms with E-state index in [0.29, 0.717) is 6.42 Å². The summed E-state index contributed by atoms with van der Waals surface area (Å²) in [5, 5.41) is 0. The molecule has 9 heavy (non-hydrogen) atoms. The fraction of sp³-hybridized carbons (Fsp3) is 0.571. The van der Waals surface area contributed by atoms with Crippen LogP contribution in [0, 0.1) is 11.8 Å². The predicted octanol–water partition coefficient (Wildman–Crippen LogP) is 0.990. The standard InChI is InChI=1S/C7H10NO/c1-2-3-4-5-6-7(8)9/h8H,4-6H2,1H3. The normalized spacial score (nSPS) is 7.67. The van der Waals surface area contributed by atoms with E-state index in [-0.39, 0.29) is 0 Å². The molecule has 0 aliphatic heterocycles. The van der Waals surface area contributed by atoms with Crippen molar-refractivity contribution in [2.24, 2.45) is 0 Å². The average Bonchev–Trinajstić information content (AvgIpc) is 1.80. The Labute approximate surface area is 55.4 Å². The van der Waals surface area contributed by atoms with E-state index in [4.69, 9.17) is 5.73 Å². The summed E-state index contributed by atoms with van der Waals surface area (Å²) >= 11 is 0. The highest BCUT2D eigenvalue weighted by atomic mass is 16.1. The fourth-order valence-corrected chi connectivity index (χ4v) is 0.462. The average molecular weight is 124 g/mol. The molecule has 0 atom stereocenters. The lowest BCUT2D eigenvalue weighted by Crippen LogP contribution is -1.95. The molecule has 0 bridgehead atoms. The van der Waals surface area contributed by atoms with E-state index in [1.54, 1.807) is 6.92 Å². The molecular formula is C7H10NO. The number of amides is 1. The number of hydrogen-bond acceptors (Lipinski definition) is 1. The SMILES string of the molecule is CC#CCCCC([NH])=O. The van der Waals surface area contributed by atoms with Crippen molar-refractivity contribution in [3.05, 3.63) is 0 Å². The molecule has 49 valence electrons. The van der Waals surface area contributed by atoms with Gasteiger partial charge in [0.05, 0.1) is 0 Å². The Kier molecular flexibility index (Phi) is 4.61. The highest BCUT2D eigenvalue weighted by Gasteiger charge is 1.91. The van der Waals surface area contributed by atoms with Gasteiger partial charge in [-0.25, -0.2) is 0 Å². The molecule has 0 aliphatic carbocycles. The molecule has 0 rings (SSSR count). The van der Waals surface area contributed by atoms with Gasteiger partial charge < -0.3 is 0 Å². The third kappa shape index (κ3) is 7.03. The highest BCUT2D eigenvalue weighted by molar-refractivity contribution is 5.72. The second-order valence-electron chi connectivity index (χ2n) is 1.70. The van der Waals surface area contributed by atoms with Crippen LogP contribution in [0.1, 0.15) is 26.2 Å². The van der Waals surface area contributed by atoms with Crippen LogP contribution >= 0.6 is 0 Å². The zero-order valence-corrected chi connectivity index (χ0v) is 5.53. The van der Waals surface area contributed by atoms with Gasteiger partial charge in [0.15, 0.2) is 0 Å². The van der Waals surface area contributed by atoms with Crippen LogP contribution in [0.2, 0.25) is 0 Å². The lowest BCUT2D eigenvalue weighted by atomic mass is 10.2. The first-order chi connectivity index (χ1) is 4.27. The van der Waals surface area contributed by atoms with E-state index in [9.17, 15) is 4.79 Å². The Balaban J connectivity index is 3.07. The van der Waals surface area contributed by atoms with Gasteiger partial charge >= 0.3 is 0 Å². The van der Waals surface area contributed by atoms with Gasteiger partial charge in [0.1, 0.15) is 0 Å². The number of carbonyl (C=O) groups excluding carboxylic acids is 1. The smallest absolute Gasteiger partial charge is 0.238 e. The zero-order valence-electron chi connectivity index (χ0n) is 5.53. The molecule has 1 N–H and O–H groups in total. The zero-order chi connectivity index (χ0) is 7.11. The molecular weight excluding hydrogens is 114 g/mol. The molecule has 2 nitrogen and oxygen atoms in total. The minimum atomic E-state index is -0.493. The Morgan fingerprint density at radius 1 is 1.67 bits per heavy atom. The van der Waals surface area contributed by atoms with Crippen molar-refractivity contribution >= 4 is 5.91 Å². The minimum absolute atomic E-state index is 0.342. The van der Waals surface area contributed by atoms with Crippen molar-refractivity contribution in [3.63, 3.8) is 0 Å². The predicted molar refractivity (Wildman–Crippen MR) is 35.4 cm³/mol. The van der Waals surface area contributed by atoms with Gasteiger partial charge in [0, 0.05) is 12.8 Å². The van der Waals surface area contributed by atoms with Crippen LogP contribution in [0.25, 0.3) is 0 Å². The van der Waals surface area contributed by atoms with Crippen molar-refractivity contribution in [2.75, 3.05) is 0 Å². The molecule has 0 heterocycles. The van der Waals surface area contributed by atoms with E-state index in [2.05, 4.69) is 11.8 Å². The van der Waals surface area contributed by atoms with Gasteiger partial charge in [0.25, 0.3) is 0 Å². The third-order valence-corrected chi connectivity index (χ3v) is 0.882. The second kappa shape index (κ2) is 5.17. The van der Waals surface area contributed by atoms with Crippen LogP contribution in [0.3, 0.4) is 0 Å². The number of carbonyl (C=O) groups is 1. The van der Waals surface area contributed by atoms with Gasteiger partial charge in [0.2, 0.25) is 5.91 Å². The van der Waals surface area contributed by atoms with Gasteiger partial charge in [-0.15, -0.1) is 11.8 Å². The minimum Gasteiger partial charge on any atom is -0.273 e. The molecule has 0 spiro atoms. The molecule has 0 saturated carbocycles. The van der Waals surface area contributed by atoms with Gasteiger partial charge in [-0.2, -0.15) is 0 Å². The maximum absolute atomic E-state index is 10.0. The summed E-state index contributed by atoms with van der Waals surface area (Å²) in [6.45, 7) is 1.77. The molecule has 0 aliphatic rings. The maximum Gasteiger partial charge on any atom is 0.238 e. The van der Waals surface area contributed by atoms with E-state index in [1.807, 2.05) is 0 Å². The van der Waals surface area contributed by atoms with E-state index >= 15 is 0 Å². The van der Waals surface area contributed by atoms with Crippen LogP contribution in [-0.2, 0) is 4.79 Å². The van der Waals surface area contributed by atoms with Crippen LogP contribution in [0.5, 0.6) is 0 Å². The summed E-state index contributed by atoms with van der Waals surface area (Å²) < 4.78 is 0. The van der Waals surface area contributed by atoms with E-state index in [1.165, 1.54) is 0 Å². The van der Waals surface area contributed by atoms with Crippen LogP contribution in [0.15, 0.2) is 0 Å². The summed E-state index contributed by atoms with van der Waals surface area (Å²) in [5.74, 6) is 5.04. The number of hydrogen-bond donors (Lipinski definition) is 0. The van der Waals surface area contributed by atoms with Crippen molar-refractivity contribution < 1.29 is 4.79 Å². The summed E-state index contributed by atoms with van der Waals surface area (Å²) in [6, 6.07) is 0. The number of unbranched alkanes of at least 4 members (excludes halogenated alkanes) is 1. The Morgan fingerprint density at radius 2 is 2.33 bits per heavy atom. The fourth-order valence-electron chi connectivity index (χ4n) is 0.462. The summed E-state index contributed by atoms with van der Waals surface area (Å²) in [5.41, 5.74) is 6.53. The first-order valence-electron chi connectivity index (χ1n) is 2.91. The van der Waals surface area contributed by atoms with Crippen LogP contribution in [-0.4, -0.2) is 5.91 Å². The van der Waals surface area contributed by atoms with Crippen molar-refractivity contribution in [2.45, 2.75) is 26.2 Å². The lowest BCUT2D eigenvalue weighted by Gasteiger charge is -1.86. The van der Waals surface area contributed by atoms with Crippen LogP contribution < -0.4 is 5.73 Å². The molecule has 0 unspecified atom stereocenters. The molecule has 0 fully saturated rings. The molecule has 0 aromatic heterocycles. The number of rotatable bonds is 3. The molecule has 0 aromatic carbocycles. The summed E-state index contributed by atoms with van der Waals surface area (Å²) in [7, 11) is 0. The Morgan fingerprint density at radius 3 is 2.78 bits per heavy atom. The van der Waals surface area contributed by atoms with Gasteiger partial charge in [-0.05, 0) is 13.3 Å². The largest absolute Gasteiger partial charge is 0.273 e. The highest BCUT2D eigenvalue weighted by Crippen LogP contribution is 1.91. The van der Waals surface area contributed by atoms with Gasteiger partial charge in [-0.1, -0.05) is 0 Å². The monoisotopic (exact) mass is 124 g/mol. The maximum atomic E-state index is 10.0. The topological polar surface area (TPSA) is 40.9 Å². The summed E-state index contributed by atoms with van der Waals surface area (Å²) in [6.07, 6.45) is 1.80. The van der Waals surface area contributed by atoms with E-state index < -0.39 is 5.91 Å². The quantitative estimate of drug-likeness (QED) is 0.408. The lowest BCUT2D eigenvalue weighted by molar-refractivity contribution is -0.118. The molecule has 1 amide bonds. The van der Waals surface area contributed by atoms with Crippen LogP contribution in [0.4, 0.5) is 0 Å². The Bertz CT molecular complexity index is 141. The molecule has 1 radical (unpaired) electrons. The molecule has 0 saturated heterocycles. The summed E-state index contributed by atoms with van der Waals surface area (Å²) in [4.78, 5) is 10.0. The molecule has 2 heteroatoms.